The van der Waals surface area contributed by atoms with Crippen molar-refractivity contribution >= 4 is 50.9 Å². The van der Waals surface area contributed by atoms with Crippen molar-refractivity contribution in [3.8, 4) is 6.07 Å². The Morgan fingerprint density at radius 1 is 0.944 bits per heavy atom. The third-order valence-electron chi connectivity index (χ3n) is 5.53. The Hall–Kier alpha value is -3.80. The first kappa shape index (κ1) is 25.3. The van der Waals surface area contributed by atoms with Crippen LogP contribution in [-0.4, -0.2) is 17.6 Å². The molecule has 1 atom stereocenters. The number of hydrogen-bond acceptors (Lipinski definition) is 5. The van der Waals surface area contributed by atoms with E-state index in [2.05, 4.69) is 37.9 Å². The quantitative estimate of drug-likeness (QED) is 0.323. The molecule has 0 bridgehead atoms. The molecule has 3 aromatic carbocycles. The number of allylic oxidation sites excluding steroid dienone is 2. The second-order valence-corrected chi connectivity index (χ2v) is 9.93. The molecule has 3 aromatic rings. The van der Waals surface area contributed by atoms with Gasteiger partial charge in [-0.3, -0.25) is 9.59 Å². The van der Waals surface area contributed by atoms with Crippen LogP contribution in [-0.2, 0) is 9.59 Å². The molecular formula is C28H23BrN4O2S. The van der Waals surface area contributed by atoms with Gasteiger partial charge in [-0.1, -0.05) is 76.2 Å². The summed E-state index contributed by atoms with van der Waals surface area (Å²) in [6.07, 6.45) is 0. The SMILES string of the molecule is CC1=C(C(=O)Nc2ccccc2)C(c2ccccc2)C(C#N)=C(SCC(=O)Nc2ccc(Br)cc2)N1. The fraction of sp³-hybridized carbons (Fsp3) is 0.107. The Kier molecular flexibility index (Phi) is 8.26. The highest BCUT2D eigenvalue weighted by atomic mass is 79.9. The monoisotopic (exact) mass is 558 g/mol. The number of halogens is 1. The van der Waals surface area contributed by atoms with E-state index in [1.807, 2.05) is 79.7 Å². The van der Waals surface area contributed by atoms with Crippen LogP contribution in [0.4, 0.5) is 11.4 Å². The van der Waals surface area contributed by atoms with Crippen LogP contribution in [0.25, 0.3) is 0 Å². The summed E-state index contributed by atoms with van der Waals surface area (Å²) in [6, 6.07) is 28.3. The van der Waals surface area contributed by atoms with E-state index < -0.39 is 5.92 Å². The van der Waals surface area contributed by atoms with Crippen molar-refractivity contribution in [2.24, 2.45) is 0 Å². The van der Waals surface area contributed by atoms with Crippen molar-refractivity contribution in [3.63, 3.8) is 0 Å². The number of nitrogens with zero attached hydrogens (tertiary/aromatic N) is 1. The number of para-hydroxylation sites is 1. The number of hydrogen-bond donors (Lipinski definition) is 3. The number of amides is 2. The van der Waals surface area contributed by atoms with Crippen LogP contribution in [0.5, 0.6) is 0 Å². The zero-order valence-electron chi connectivity index (χ0n) is 19.4. The van der Waals surface area contributed by atoms with Gasteiger partial charge in [-0.25, -0.2) is 0 Å². The molecule has 4 rings (SSSR count). The van der Waals surface area contributed by atoms with E-state index in [1.165, 1.54) is 11.8 Å². The van der Waals surface area contributed by atoms with Crippen LogP contribution in [0, 0.1) is 11.3 Å². The lowest BCUT2D eigenvalue weighted by atomic mass is 9.82. The van der Waals surface area contributed by atoms with Crippen LogP contribution >= 0.6 is 27.7 Å². The Morgan fingerprint density at radius 3 is 2.19 bits per heavy atom. The average Bonchev–Trinajstić information content (AvgIpc) is 2.89. The minimum Gasteiger partial charge on any atom is -0.353 e. The lowest BCUT2D eigenvalue weighted by molar-refractivity contribution is -0.114. The third-order valence-corrected chi connectivity index (χ3v) is 7.08. The van der Waals surface area contributed by atoms with Crippen molar-refractivity contribution in [3.05, 3.63) is 117 Å². The molecule has 0 fully saturated rings. The summed E-state index contributed by atoms with van der Waals surface area (Å²) in [6.45, 7) is 1.81. The van der Waals surface area contributed by atoms with Gasteiger partial charge in [0.15, 0.2) is 0 Å². The molecule has 1 aliphatic rings. The van der Waals surface area contributed by atoms with Gasteiger partial charge in [-0.05, 0) is 48.9 Å². The first-order valence-electron chi connectivity index (χ1n) is 11.2. The molecule has 2 amide bonds. The maximum absolute atomic E-state index is 13.4. The second-order valence-electron chi connectivity index (χ2n) is 8.03. The maximum Gasteiger partial charge on any atom is 0.254 e. The fourth-order valence-electron chi connectivity index (χ4n) is 3.89. The number of nitrogens with one attached hydrogen (secondary N) is 3. The minimum atomic E-state index is -0.571. The van der Waals surface area contributed by atoms with Crippen molar-refractivity contribution in [2.45, 2.75) is 12.8 Å². The smallest absolute Gasteiger partial charge is 0.254 e. The highest BCUT2D eigenvalue weighted by molar-refractivity contribution is 9.10. The highest BCUT2D eigenvalue weighted by Crippen LogP contribution is 2.40. The summed E-state index contributed by atoms with van der Waals surface area (Å²) in [5.41, 5.74) is 3.67. The average molecular weight is 559 g/mol. The van der Waals surface area contributed by atoms with Gasteiger partial charge in [0.2, 0.25) is 5.91 Å². The summed E-state index contributed by atoms with van der Waals surface area (Å²) in [4.78, 5) is 26.0. The Bertz CT molecular complexity index is 1360. The number of rotatable bonds is 7. The van der Waals surface area contributed by atoms with Crippen molar-refractivity contribution in [1.29, 1.82) is 5.26 Å². The van der Waals surface area contributed by atoms with Gasteiger partial charge >= 0.3 is 0 Å². The van der Waals surface area contributed by atoms with Gasteiger partial charge in [0, 0.05) is 27.1 Å². The van der Waals surface area contributed by atoms with Gasteiger partial charge in [-0.2, -0.15) is 5.26 Å². The normalized spacial score (nSPS) is 15.1. The predicted molar refractivity (Wildman–Crippen MR) is 148 cm³/mol. The highest BCUT2D eigenvalue weighted by Gasteiger charge is 2.34. The lowest BCUT2D eigenvalue weighted by Crippen LogP contribution is -2.31. The number of benzene rings is 3. The van der Waals surface area contributed by atoms with E-state index >= 15 is 0 Å². The van der Waals surface area contributed by atoms with E-state index in [0.717, 1.165) is 10.0 Å². The lowest BCUT2D eigenvalue weighted by Gasteiger charge is -2.29. The van der Waals surface area contributed by atoms with Crippen LogP contribution in [0.15, 0.2) is 111 Å². The number of carbonyl (C=O) groups is 2. The molecule has 0 spiro atoms. The number of carbonyl (C=O) groups excluding carboxylic acids is 2. The molecule has 0 aliphatic carbocycles. The summed E-state index contributed by atoms with van der Waals surface area (Å²) in [5.74, 6) is -0.952. The second kappa shape index (κ2) is 11.8. The predicted octanol–water partition coefficient (Wildman–Crippen LogP) is 6.16. The molecule has 1 aliphatic heterocycles. The molecule has 1 unspecified atom stereocenters. The zero-order valence-corrected chi connectivity index (χ0v) is 21.8. The van der Waals surface area contributed by atoms with Crippen LogP contribution < -0.4 is 16.0 Å². The van der Waals surface area contributed by atoms with Gasteiger partial charge in [0.25, 0.3) is 5.91 Å². The van der Waals surface area contributed by atoms with E-state index in [4.69, 9.17) is 0 Å². The molecule has 8 heteroatoms. The molecule has 0 aromatic heterocycles. The zero-order chi connectivity index (χ0) is 25.5. The maximum atomic E-state index is 13.4. The largest absolute Gasteiger partial charge is 0.353 e. The van der Waals surface area contributed by atoms with Crippen LogP contribution in [0.3, 0.4) is 0 Å². The van der Waals surface area contributed by atoms with Gasteiger partial charge in [0.05, 0.1) is 28.3 Å². The van der Waals surface area contributed by atoms with Crippen LogP contribution in [0.2, 0.25) is 0 Å². The Labute approximate surface area is 222 Å². The standard InChI is InChI=1S/C28H23BrN4O2S/c1-18-25(27(35)33-21-10-6-3-7-11-21)26(19-8-4-2-5-9-19)23(16-30)28(31-18)36-17-24(34)32-22-14-12-20(29)13-15-22/h2-15,26,31H,17H2,1H3,(H,32,34)(H,33,35). The first-order valence-corrected chi connectivity index (χ1v) is 13.0. The van der Waals surface area contributed by atoms with E-state index in [0.29, 0.717) is 33.2 Å². The topological polar surface area (TPSA) is 94.0 Å². The fourth-order valence-corrected chi connectivity index (χ4v) is 5.05. The molecule has 0 saturated carbocycles. The molecule has 36 heavy (non-hydrogen) atoms. The number of anilines is 2. The van der Waals surface area contributed by atoms with E-state index in [-0.39, 0.29) is 17.6 Å². The Balaban J connectivity index is 1.60. The van der Waals surface area contributed by atoms with Gasteiger partial charge < -0.3 is 16.0 Å². The van der Waals surface area contributed by atoms with Crippen molar-refractivity contribution < 1.29 is 9.59 Å². The minimum absolute atomic E-state index is 0.101. The Morgan fingerprint density at radius 2 is 1.56 bits per heavy atom. The summed E-state index contributed by atoms with van der Waals surface area (Å²) >= 11 is 4.62. The molecule has 0 saturated heterocycles. The molecule has 0 radical (unpaired) electrons. The van der Waals surface area contributed by atoms with Crippen LogP contribution in [0.1, 0.15) is 18.4 Å². The first-order chi connectivity index (χ1) is 17.5. The van der Waals surface area contributed by atoms with Crippen molar-refractivity contribution in [1.82, 2.24) is 5.32 Å². The van der Waals surface area contributed by atoms with Crippen molar-refractivity contribution in [2.75, 3.05) is 16.4 Å². The number of nitriles is 1. The van der Waals surface area contributed by atoms with Gasteiger partial charge in [-0.15, -0.1) is 0 Å². The molecule has 1 heterocycles. The molecule has 6 nitrogen and oxygen atoms in total. The summed E-state index contributed by atoms with van der Waals surface area (Å²) in [5, 5.41) is 19.7. The summed E-state index contributed by atoms with van der Waals surface area (Å²) < 4.78 is 0.923. The van der Waals surface area contributed by atoms with E-state index in [1.54, 1.807) is 12.1 Å². The number of thioether (sulfide) groups is 1. The number of dihydropyridines is 1. The molecular weight excluding hydrogens is 536 g/mol. The van der Waals surface area contributed by atoms with E-state index in [9.17, 15) is 14.9 Å². The third kappa shape index (κ3) is 6.06. The summed E-state index contributed by atoms with van der Waals surface area (Å²) in [7, 11) is 0. The molecule has 180 valence electrons. The van der Waals surface area contributed by atoms with Gasteiger partial charge in [0.1, 0.15) is 0 Å². The molecule has 3 N–H and O–H groups in total.